The smallest absolute Gasteiger partial charge is 0.421 e. The van der Waals surface area contributed by atoms with Gasteiger partial charge in [-0.3, -0.25) is 0 Å². The van der Waals surface area contributed by atoms with E-state index in [1.165, 1.54) is 22.7 Å². The van der Waals surface area contributed by atoms with Crippen molar-refractivity contribution in [3.63, 3.8) is 0 Å². The van der Waals surface area contributed by atoms with Crippen LogP contribution in [0.2, 0.25) is 0 Å². The molecule has 0 fully saturated rings. The summed E-state index contributed by atoms with van der Waals surface area (Å²) in [7, 11) is 0. The van der Waals surface area contributed by atoms with Crippen molar-refractivity contribution in [1.29, 1.82) is 0 Å². The first-order valence-corrected chi connectivity index (χ1v) is 10.2. The lowest BCUT2D eigenvalue weighted by atomic mass is 10.2. The molecule has 0 aromatic rings. The van der Waals surface area contributed by atoms with Crippen molar-refractivity contribution in [3.8, 4) is 0 Å². The van der Waals surface area contributed by atoms with E-state index in [0.717, 1.165) is 31.4 Å². The number of hydrogen-bond donors (Lipinski definition) is 0. The Hall–Kier alpha value is -1.17. The molecule has 1 amide bonds. The number of carbonyl (C=O) groups is 2. The van der Waals surface area contributed by atoms with Gasteiger partial charge in [-0.05, 0) is 52.5 Å². The van der Waals surface area contributed by atoms with E-state index < -0.39 is 23.7 Å². The van der Waals surface area contributed by atoms with Gasteiger partial charge in [0.1, 0.15) is 5.60 Å². The van der Waals surface area contributed by atoms with Crippen molar-refractivity contribution in [2.75, 3.05) is 12.4 Å². The van der Waals surface area contributed by atoms with Crippen LogP contribution >= 0.6 is 11.9 Å². The van der Waals surface area contributed by atoms with Crippen molar-refractivity contribution in [2.24, 2.45) is 0 Å². The van der Waals surface area contributed by atoms with E-state index in [0.29, 0.717) is 0 Å². The Bertz CT molecular complexity index is 418. The topological polar surface area (TPSA) is 55.8 Å². The second-order valence-corrected chi connectivity index (χ2v) is 7.79. The Balaban J connectivity index is 5.20. The standard InChI is InChI=1S/C19H35NO4S/c1-7-10-12-13-15-25-20(18(22)24-19(4,5)6)16(14-11-8-2)17(21)23-9-3/h11,14,16H,7-10,12-13,15H2,1-6H3/b14-11+. The maximum Gasteiger partial charge on any atom is 0.421 e. The molecule has 5 nitrogen and oxygen atoms in total. The van der Waals surface area contributed by atoms with Crippen molar-refractivity contribution < 1.29 is 19.1 Å². The number of hydrogen-bond acceptors (Lipinski definition) is 5. The van der Waals surface area contributed by atoms with Crippen LogP contribution in [0.25, 0.3) is 0 Å². The lowest BCUT2D eigenvalue weighted by Crippen LogP contribution is -2.43. The summed E-state index contributed by atoms with van der Waals surface area (Å²) >= 11 is 1.34. The zero-order chi connectivity index (χ0) is 19.3. The van der Waals surface area contributed by atoms with Crippen LogP contribution in [0.15, 0.2) is 12.2 Å². The fourth-order valence-electron chi connectivity index (χ4n) is 1.99. The van der Waals surface area contributed by atoms with Crippen LogP contribution < -0.4 is 0 Å². The van der Waals surface area contributed by atoms with Crippen LogP contribution in [-0.2, 0) is 14.3 Å². The average Bonchev–Trinajstić information content (AvgIpc) is 2.51. The fourth-order valence-corrected chi connectivity index (χ4v) is 2.98. The molecular weight excluding hydrogens is 338 g/mol. The van der Waals surface area contributed by atoms with Crippen molar-refractivity contribution in [1.82, 2.24) is 4.31 Å². The molecule has 25 heavy (non-hydrogen) atoms. The molecule has 0 aliphatic heterocycles. The molecule has 0 heterocycles. The highest BCUT2D eigenvalue weighted by Crippen LogP contribution is 2.23. The van der Waals surface area contributed by atoms with Gasteiger partial charge in [0, 0.05) is 5.75 Å². The Labute approximate surface area is 157 Å². The maximum atomic E-state index is 12.6. The number of nitrogens with zero attached hydrogens (tertiary/aromatic N) is 1. The van der Waals surface area contributed by atoms with Gasteiger partial charge in [0.15, 0.2) is 6.04 Å². The summed E-state index contributed by atoms with van der Waals surface area (Å²) in [6, 6.07) is -0.772. The summed E-state index contributed by atoms with van der Waals surface area (Å²) in [6.45, 7) is 11.6. The van der Waals surface area contributed by atoms with Gasteiger partial charge in [-0.15, -0.1) is 0 Å². The van der Waals surface area contributed by atoms with Crippen LogP contribution in [-0.4, -0.2) is 40.4 Å². The predicted octanol–water partition coefficient (Wildman–Crippen LogP) is 5.35. The van der Waals surface area contributed by atoms with Crippen LogP contribution in [0.1, 0.15) is 73.6 Å². The largest absolute Gasteiger partial charge is 0.464 e. The summed E-state index contributed by atoms with van der Waals surface area (Å²) in [5.74, 6) is 0.328. The minimum atomic E-state index is -0.772. The molecule has 0 aliphatic carbocycles. The van der Waals surface area contributed by atoms with E-state index in [9.17, 15) is 9.59 Å². The molecule has 0 radical (unpaired) electrons. The fraction of sp³-hybridized carbons (Fsp3) is 0.789. The van der Waals surface area contributed by atoms with Crippen molar-refractivity contribution >= 4 is 24.0 Å². The third kappa shape index (κ3) is 11.1. The highest BCUT2D eigenvalue weighted by molar-refractivity contribution is 7.97. The van der Waals surface area contributed by atoms with E-state index in [4.69, 9.17) is 9.47 Å². The third-order valence-electron chi connectivity index (χ3n) is 3.14. The van der Waals surface area contributed by atoms with Crippen LogP contribution in [0.4, 0.5) is 4.79 Å². The van der Waals surface area contributed by atoms with E-state index in [1.54, 1.807) is 13.0 Å². The molecule has 1 atom stereocenters. The normalized spacial score (nSPS) is 12.9. The molecule has 0 spiro atoms. The van der Waals surface area contributed by atoms with Gasteiger partial charge in [0.25, 0.3) is 0 Å². The van der Waals surface area contributed by atoms with E-state index in [-0.39, 0.29) is 6.61 Å². The molecule has 0 aromatic heterocycles. The third-order valence-corrected chi connectivity index (χ3v) is 4.26. The number of unbranched alkanes of at least 4 members (excludes halogenated alkanes) is 3. The molecule has 0 saturated carbocycles. The Morgan fingerprint density at radius 1 is 1.12 bits per heavy atom. The number of amides is 1. The van der Waals surface area contributed by atoms with Crippen LogP contribution in [0.5, 0.6) is 0 Å². The number of rotatable bonds is 11. The zero-order valence-corrected chi connectivity index (χ0v) is 17.5. The molecule has 6 heteroatoms. The van der Waals surface area contributed by atoms with E-state index >= 15 is 0 Å². The van der Waals surface area contributed by atoms with Gasteiger partial charge in [0.2, 0.25) is 0 Å². The zero-order valence-electron chi connectivity index (χ0n) is 16.7. The lowest BCUT2D eigenvalue weighted by molar-refractivity contribution is -0.145. The molecule has 146 valence electrons. The van der Waals surface area contributed by atoms with Gasteiger partial charge < -0.3 is 9.47 Å². The first kappa shape index (κ1) is 23.8. The Morgan fingerprint density at radius 3 is 2.32 bits per heavy atom. The van der Waals surface area contributed by atoms with Crippen LogP contribution in [0, 0.1) is 0 Å². The predicted molar refractivity (Wildman–Crippen MR) is 105 cm³/mol. The van der Waals surface area contributed by atoms with E-state index in [2.05, 4.69) is 6.92 Å². The summed E-state index contributed by atoms with van der Waals surface area (Å²) in [5, 5.41) is 0. The van der Waals surface area contributed by atoms with Crippen LogP contribution in [0.3, 0.4) is 0 Å². The van der Waals surface area contributed by atoms with Crippen molar-refractivity contribution in [3.05, 3.63) is 12.2 Å². The molecule has 0 bridgehead atoms. The average molecular weight is 374 g/mol. The number of ether oxygens (including phenoxy) is 2. The number of esters is 1. The molecule has 0 rings (SSSR count). The highest BCUT2D eigenvalue weighted by atomic mass is 32.2. The van der Waals surface area contributed by atoms with Gasteiger partial charge in [-0.25, -0.2) is 13.9 Å². The molecule has 0 saturated heterocycles. The summed E-state index contributed by atoms with van der Waals surface area (Å²) < 4.78 is 12.1. The molecule has 0 aliphatic rings. The van der Waals surface area contributed by atoms with Gasteiger partial charge >= 0.3 is 12.1 Å². The minimum Gasteiger partial charge on any atom is -0.464 e. The molecular formula is C19H35NO4S. The number of allylic oxidation sites excluding steroid dienone is 1. The lowest BCUT2D eigenvalue weighted by Gasteiger charge is -2.30. The summed E-state index contributed by atoms with van der Waals surface area (Å²) in [6.07, 6.45) is 8.30. The van der Waals surface area contributed by atoms with Crippen molar-refractivity contribution in [2.45, 2.75) is 85.3 Å². The second kappa shape index (κ2) is 13.1. The van der Waals surface area contributed by atoms with Gasteiger partial charge in [-0.1, -0.05) is 45.3 Å². The van der Waals surface area contributed by atoms with Gasteiger partial charge in [0.05, 0.1) is 6.61 Å². The molecule has 0 aromatic carbocycles. The van der Waals surface area contributed by atoms with Gasteiger partial charge in [-0.2, -0.15) is 0 Å². The first-order valence-electron chi connectivity index (χ1n) is 9.25. The molecule has 1 unspecified atom stereocenters. The SMILES string of the molecule is CC/C=C/C(C(=O)OCC)N(SCCCCCC)C(=O)OC(C)(C)C. The Kier molecular flexibility index (Phi) is 12.5. The minimum absolute atomic E-state index is 0.276. The monoisotopic (exact) mass is 373 g/mol. The summed E-state index contributed by atoms with van der Waals surface area (Å²) in [5.41, 5.74) is -0.619. The summed E-state index contributed by atoms with van der Waals surface area (Å²) in [4.78, 5) is 25.0. The molecule has 0 N–H and O–H groups in total. The first-order chi connectivity index (χ1) is 11.8. The maximum absolute atomic E-state index is 12.6. The Morgan fingerprint density at radius 2 is 1.80 bits per heavy atom. The number of carbonyl (C=O) groups excluding carboxylic acids is 2. The van der Waals surface area contributed by atoms with E-state index in [1.807, 2.05) is 33.8 Å². The highest BCUT2D eigenvalue weighted by Gasteiger charge is 2.33. The second-order valence-electron chi connectivity index (χ2n) is 6.73. The quantitative estimate of drug-likeness (QED) is 0.211.